The Hall–Kier alpha value is -4.00. The molecule has 256 valence electrons. The van der Waals surface area contributed by atoms with Gasteiger partial charge in [0, 0.05) is 21.8 Å². The first kappa shape index (κ1) is 35.8. The van der Waals surface area contributed by atoms with Gasteiger partial charge in [-0.2, -0.15) is 0 Å². The van der Waals surface area contributed by atoms with Gasteiger partial charge < -0.3 is 9.15 Å². The number of hydrogen-bond acceptors (Lipinski definition) is 4. The first-order chi connectivity index (χ1) is 24.4. The Morgan fingerprint density at radius 2 is 1.12 bits per heavy atom. The summed E-state index contributed by atoms with van der Waals surface area (Å²) in [4.78, 5) is 0. The second kappa shape index (κ2) is 17.3. The zero-order chi connectivity index (χ0) is 34.9. The number of ether oxygens (including phenoxy) is 1. The summed E-state index contributed by atoms with van der Waals surface area (Å²) >= 11 is 7.38. The molecule has 4 nitrogen and oxygen atoms in total. The minimum atomic E-state index is 0.487. The van der Waals surface area contributed by atoms with Gasteiger partial charge in [0.05, 0.1) is 6.61 Å². The molecule has 0 amide bonds. The largest absolute Gasteiger partial charge is 0.494 e. The summed E-state index contributed by atoms with van der Waals surface area (Å²) in [5, 5.41) is 10.3. The summed E-state index contributed by atoms with van der Waals surface area (Å²) < 4.78 is 12.2. The van der Waals surface area contributed by atoms with Gasteiger partial charge in [-0.05, 0) is 105 Å². The number of nitrogens with zero attached hydrogens (tertiary/aromatic N) is 2. The molecule has 1 heterocycles. The first-order valence-electron chi connectivity index (χ1n) is 17.5. The van der Waals surface area contributed by atoms with E-state index in [1.807, 2.05) is 24.3 Å². The fourth-order valence-electron chi connectivity index (χ4n) is 6.34. The van der Waals surface area contributed by atoms with E-state index in [1.54, 1.807) is 0 Å². The molecule has 0 radical (unpaired) electrons. The number of benzene rings is 5. The lowest BCUT2D eigenvalue weighted by atomic mass is 9.88. The molecule has 0 spiro atoms. The Morgan fingerprint density at radius 3 is 1.76 bits per heavy atom. The molecular weight excluding hydrogens is 748 g/mol. The van der Waals surface area contributed by atoms with E-state index in [1.165, 1.54) is 58.2 Å². The molecule has 6 aromatic rings. The van der Waals surface area contributed by atoms with Crippen molar-refractivity contribution < 1.29 is 9.15 Å². The normalized spacial score (nSPS) is 12.0. The van der Waals surface area contributed by atoms with Gasteiger partial charge in [-0.3, -0.25) is 0 Å². The molecule has 0 aliphatic rings. The van der Waals surface area contributed by atoms with Crippen LogP contribution in [0.15, 0.2) is 120 Å². The van der Waals surface area contributed by atoms with Gasteiger partial charge in [0.25, 0.3) is 0 Å². The van der Waals surface area contributed by atoms with Gasteiger partial charge in [-0.1, -0.05) is 145 Å². The molecule has 50 heavy (non-hydrogen) atoms. The average molecular weight is 793 g/mol. The third-order valence-corrected chi connectivity index (χ3v) is 10.5. The van der Waals surface area contributed by atoms with E-state index in [9.17, 15) is 0 Å². The van der Waals surface area contributed by atoms with Crippen LogP contribution in [-0.2, 0) is 10.7 Å². The predicted octanol–water partition coefficient (Wildman–Crippen LogP) is 13.4. The molecule has 0 saturated heterocycles. The number of aromatic nitrogens is 2. The second-order valence-corrected chi connectivity index (χ2v) is 14.5. The molecule has 0 bridgehead atoms. The van der Waals surface area contributed by atoms with Gasteiger partial charge in [0.1, 0.15) is 5.75 Å². The summed E-state index contributed by atoms with van der Waals surface area (Å²) in [6.07, 6.45) is 4.91. The zero-order valence-corrected chi connectivity index (χ0v) is 32.2. The molecule has 5 aromatic carbocycles. The van der Waals surface area contributed by atoms with Crippen LogP contribution in [-0.4, -0.2) is 16.8 Å². The molecule has 0 aliphatic heterocycles. The summed E-state index contributed by atoms with van der Waals surface area (Å²) in [6, 6.07) is 40.2. The Bertz CT molecular complexity index is 1980. The minimum Gasteiger partial charge on any atom is -0.494 e. The van der Waals surface area contributed by atoms with Crippen molar-refractivity contribution in [3.05, 3.63) is 126 Å². The molecule has 1 unspecified atom stereocenters. The quantitative estimate of drug-likeness (QED) is 0.0972. The van der Waals surface area contributed by atoms with Gasteiger partial charge in [-0.25, -0.2) is 0 Å². The van der Waals surface area contributed by atoms with Crippen molar-refractivity contribution in [2.24, 2.45) is 11.8 Å². The van der Waals surface area contributed by atoms with Crippen molar-refractivity contribution in [3.63, 3.8) is 0 Å². The highest BCUT2D eigenvalue weighted by atomic mass is 79.9. The SMILES string of the molecule is CC(C)CCCC(C)CCOc1ccc(-c2nnc(-c3ccc(-c4cc(-c5ccccc5CBr)ccc4-c4ccccc4CBr)cc3)o2)cc1. The topological polar surface area (TPSA) is 48.2 Å². The minimum absolute atomic E-state index is 0.487. The number of alkyl halides is 2. The van der Waals surface area contributed by atoms with Crippen molar-refractivity contribution in [1.82, 2.24) is 10.2 Å². The summed E-state index contributed by atoms with van der Waals surface area (Å²) in [6.45, 7) is 7.62. The number of halogens is 2. The van der Waals surface area contributed by atoms with E-state index >= 15 is 0 Å². The fourth-order valence-corrected chi connectivity index (χ4v) is 7.32. The van der Waals surface area contributed by atoms with Crippen LogP contribution >= 0.6 is 31.9 Å². The van der Waals surface area contributed by atoms with Crippen LogP contribution in [0.25, 0.3) is 56.3 Å². The lowest BCUT2D eigenvalue weighted by molar-refractivity contribution is 0.276. The lowest BCUT2D eigenvalue weighted by Crippen LogP contribution is -2.04. The van der Waals surface area contributed by atoms with Crippen LogP contribution in [0, 0.1) is 11.8 Å². The maximum absolute atomic E-state index is 6.16. The Labute approximate surface area is 313 Å². The highest BCUT2D eigenvalue weighted by molar-refractivity contribution is 9.08. The fraction of sp³-hybridized carbons (Fsp3) is 0.273. The Balaban J connectivity index is 1.19. The van der Waals surface area contributed by atoms with Crippen molar-refractivity contribution in [2.75, 3.05) is 6.61 Å². The first-order valence-corrected chi connectivity index (χ1v) is 19.8. The van der Waals surface area contributed by atoms with E-state index in [0.29, 0.717) is 17.7 Å². The molecule has 0 fully saturated rings. The molecule has 0 aliphatic carbocycles. The molecular formula is C44H44Br2N2O2. The Morgan fingerprint density at radius 1 is 0.560 bits per heavy atom. The van der Waals surface area contributed by atoms with E-state index in [4.69, 9.17) is 9.15 Å². The van der Waals surface area contributed by atoms with Crippen molar-refractivity contribution in [2.45, 2.75) is 57.1 Å². The summed E-state index contributed by atoms with van der Waals surface area (Å²) in [7, 11) is 0. The predicted molar refractivity (Wildman–Crippen MR) is 215 cm³/mol. The van der Waals surface area contributed by atoms with Crippen LogP contribution < -0.4 is 4.74 Å². The van der Waals surface area contributed by atoms with E-state index in [-0.39, 0.29) is 0 Å². The molecule has 0 N–H and O–H groups in total. The highest BCUT2D eigenvalue weighted by Crippen LogP contribution is 2.39. The third-order valence-electron chi connectivity index (χ3n) is 9.27. The highest BCUT2D eigenvalue weighted by Gasteiger charge is 2.16. The maximum atomic E-state index is 6.16. The summed E-state index contributed by atoms with van der Waals surface area (Å²) in [5.74, 6) is 3.28. The van der Waals surface area contributed by atoms with Gasteiger partial charge in [-0.15, -0.1) is 10.2 Å². The van der Waals surface area contributed by atoms with Crippen LogP contribution in [0.5, 0.6) is 5.75 Å². The lowest BCUT2D eigenvalue weighted by Gasteiger charge is -2.16. The van der Waals surface area contributed by atoms with E-state index in [0.717, 1.165) is 52.0 Å². The third kappa shape index (κ3) is 8.83. The monoisotopic (exact) mass is 790 g/mol. The number of rotatable bonds is 15. The molecule has 0 saturated carbocycles. The van der Waals surface area contributed by atoms with Gasteiger partial charge in [0.15, 0.2) is 0 Å². The molecule has 6 heteroatoms. The van der Waals surface area contributed by atoms with Gasteiger partial charge in [0.2, 0.25) is 11.8 Å². The maximum Gasteiger partial charge on any atom is 0.248 e. The molecule has 1 atom stereocenters. The second-order valence-electron chi connectivity index (χ2n) is 13.4. The molecule has 6 rings (SSSR count). The van der Waals surface area contributed by atoms with E-state index in [2.05, 4.69) is 154 Å². The average Bonchev–Trinajstić information content (AvgIpc) is 3.65. The van der Waals surface area contributed by atoms with Gasteiger partial charge >= 0.3 is 0 Å². The smallest absolute Gasteiger partial charge is 0.248 e. The van der Waals surface area contributed by atoms with Crippen molar-refractivity contribution in [3.8, 4) is 62.0 Å². The van der Waals surface area contributed by atoms with Crippen LogP contribution in [0.4, 0.5) is 0 Å². The van der Waals surface area contributed by atoms with Crippen LogP contribution in [0.1, 0.15) is 57.6 Å². The molecule has 1 aromatic heterocycles. The number of hydrogen-bond donors (Lipinski definition) is 0. The van der Waals surface area contributed by atoms with Crippen molar-refractivity contribution >= 4 is 31.9 Å². The standard InChI is InChI=1S/C44H44Br2N2O2/c1-30(2)9-8-10-31(3)25-26-49-38-22-19-34(20-23-38)44-48-47-43(50-44)33-17-15-32(16-18-33)42-27-35(39-13-6-4-11-36(39)28-45)21-24-41(42)40-14-7-5-12-37(40)29-46/h4-7,11-24,27,30-31H,8-10,25-26,28-29H2,1-3H3. The Kier molecular flexibility index (Phi) is 12.4. The summed E-state index contributed by atoms with van der Waals surface area (Å²) in [5.41, 5.74) is 11.3. The van der Waals surface area contributed by atoms with Crippen LogP contribution in [0.2, 0.25) is 0 Å². The zero-order valence-electron chi connectivity index (χ0n) is 29.0. The van der Waals surface area contributed by atoms with E-state index < -0.39 is 0 Å². The van der Waals surface area contributed by atoms with Crippen molar-refractivity contribution in [1.29, 1.82) is 0 Å². The van der Waals surface area contributed by atoms with Crippen LogP contribution in [0.3, 0.4) is 0 Å².